The van der Waals surface area contributed by atoms with Crippen molar-refractivity contribution in [3.8, 4) is 5.75 Å². The van der Waals surface area contributed by atoms with Crippen molar-refractivity contribution in [2.24, 2.45) is 11.1 Å². The summed E-state index contributed by atoms with van der Waals surface area (Å²) in [6.07, 6.45) is 0. The molecule has 1 heterocycles. The fourth-order valence-electron chi connectivity index (χ4n) is 2.04. The molecule has 4 nitrogen and oxygen atoms in total. The average Bonchev–Trinajstić information content (AvgIpc) is 2.66. The van der Waals surface area contributed by atoms with Gasteiger partial charge in [-0.1, -0.05) is 26.0 Å². The number of rotatable bonds is 5. The van der Waals surface area contributed by atoms with Crippen LogP contribution in [-0.2, 0) is 9.31 Å². The van der Waals surface area contributed by atoms with Crippen molar-refractivity contribution < 1.29 is 14.0 Å². The van der Waals surface area contributed by atoms with Gasteiger partial charge in [0, 0.05) is 12.0 Å². The van der Waals surface area contributed by atoms with Crippen LogP contribution in [0.15, 0.2) is 24.3 Å². The molecule has 1 saturated heterocycles. The van der Waals surface area contributed by atoms with Gasteiger partial charge in [0.25, 0.3) is 0 Å². The van der Waals surface area contributed by atoms with E-state index in [0.29, 0.717) is 13.2 Å². The monoisotopic (exact) mass is 305 g/mol. The summed E-state index contributed by atoms with van der Waals surface area (Å²) in [5.74, 6) is 0.835. The Hall–Kier alpha value is -1.04. The summed E-state index contributed by atoms with van der Waals surface area (Å²) in [7, 11) is -0.334. The highest BCUT2D eigenvalue weighted by Crippen LogP contribution is 2.36. The second-order valence-electron chi connectivity index (χ2n) is 7.81. The Labute approximate surface area is 134 Å². The lowest BCUT2D eigenvalue weighted by Crippen LogP contribution is -2.41. The summed E-state index contributed by atoms with van der Waals surface area (Å²) >= 11 is 0. The van der Waals surface area contributed by atoms with Crippen LogP contribution in [0, 0.1) is 5.41 Å². The summed E-state index contributed by atoms with van der Waals surface area (Å²) in [4.78, 5) is 0. The zero-order valence-electron chi connectivity index (χ0n) is 14.6. The Morgan fingerprint density at radius 1 is 1.05 bits per heavy atom. The first-order valence-corrected chi connectivity index (χ1v) is 7.85. The zero-order valence-corrected chi connectivity index (χ0v) is 14.6. The minimum Gasteiger partial charge on any atom is -0.493 e. The molecule has 2 N–H and O–H groups in total. The van der Waals surface area contributed by atoms with Crippen molar-refractivity contribution in [3.63, 3.8) is 0 Å². The lowest BCUT2D eigenvalue weighted by molar-refractivity contribution is 0.00578. The van der Waals surface area contributed by atoms with Crippen molar-refractivity contribution in [3.05, 3.63) is 24.3 Å². The fourth-order valence-corrected chi connectivity index (χ4v) is 2.04. The second kappa shape index (κ2) is 5.87. The third kappa shape index (κ3) is 3.65. The van der Waals surface area contributed by atoms with E-state index in [1.165, 1.54) is 0 Å². The third-order valence-corrected chi connectivity index (χ3v) is 4.59. The van der Waals surface area contributed by atoms with Gasteiger partial charge in [0.15, 0.2) is 0 Å². The highest BCUT2D eigenvalue weighted by Gasteiger charge is 2.51. The van der Waals surface area contributed by atoms with Crippen molar-refractivity contribution in [2.75, 3.05) is 13.2 Å². The Bertz CT molecular complexity index is 495. The molecule has 5 heteroatoms. The zero-order chi connectivity index (χ0) is 16.6. The standard InChI is InChI=1S/C17H28BNO3/c1-15(2,11-19)12-20-14-9-7-13(8-10-14)18-21-16(3,4)17(5,6)22-18/h7-10H,11-12,19H2,1-6H3. The summed E-state index contributed by atoms with van der Waals surface area (Å²) in [5, 5.41) is 0. The molecule has 0 amide bonds. The molecule has 1 aliphatic rings. The van der Waals surface area contributed by atoms with Crippen molar-refractivity contribution in [1.29, 1.82) is 0 Å². The van der Waals surface area contributed by atoms with Crippen LogP contribution >= 0.6 is 0 Å². The molecule has 1 fully saturated rings. The maximum absolute atomic E-state index is 6.04. The molecule has 1 aliphatic heterocycles. The largest absolute Gasteiger partial charge is 0.494 e. The van der Waals surface area contributed by atoms with Crippen LogP contribution in [0.5, 0.6) is 5.75 Å². The second-order valence-corrected chi connectivity index (χ2v) is 7.81. The van der Waals surface area contributed by atoms with E-state index in [0.717, 1.165) is 11.2 Å². The molecule has 0 aromatic heterocycles. The summed E-state index contributed by atoms with van der Waals surface area (Å²) in [6, 6.07) is 7.89. The van der Waals surface area contributed by atoms with E-state index in [4.69, 9.17) is 19.8 Å². The Morgan fingerprint density at radius 2 is 1.55 bits per heavy atom. The van der Waals surface area contributed by atoms with Gasteiger partial charge in [-0.25, -0.2) is 0 Å². The molecular weight excluding hydrogens is 277 g/mol. The van der Waals surface area contributed by atoms with E-state index >= 15 is 0 Å². The van der Waals surface area contributed by atoms with Crippen molar-refractivity contribution in [1.82, 2.24) is 0 Å². The van der Waals surface area contributed by atoms with Gasteiger partial charge in [-0.15, -0.1) is 0 Å². The molecule has 0 saturated carbocycles. The minimum absolute atomic E-state index is 0.0234. The van der Waals surface area contributed by atoms with Crippen LogP contribution in [0.4, 0.5) is 0 Å². The van der Waals surface area contributed by atoms with Crippen LogP contribution in [0.2, 0.25) is 0 Å². The molecular formula is C17H28BNO3. The highest BCUT2D eigenvalue weighted by atomic mass is 16.7. The minimum atomic E-state index is -0.334. The molecule has 2 rings (SSSR count). The number of hydrogen-bond donors (Lipinski definition) is 1. The maximum Gasteiger partial charge on any atom is 0.494 e. The number of benzene rings is 1. The Morgan fingerprint density at radius 3 is 2.00 bits per heavy atom. The van der Waals surface area contributed by atoms with E-state index in [2.05, 4.69) is 41.5 Å². The average molecular weight is 305 g/mol. The molecule has 0 unspecified atom stereocenters. The van der Waals surface area contributed by atoms with E-state index in [-0.39, 0.29) is 23.7 Å². The normalized spacial score (nSPS) is 20.2. The molecule has 1 aromatic rings. The summed E-state index contributed by atoms with van der Waals surface area (Å²) in [6.45, 7) is 13.6. The van der Waals surface area contributed by atoms with Gasteiger partial charge >= 0.3 is 7.12 Å². The topological polar surface area (TPSA) is 53.7 Å². The maximum atomic E-state index is 6.04. The van der Waals surface area contributed by atoms with Gasteiger partial charge in [-0.3, -0.25) is 0 Å². The van der Waals surface area contributed by atoms with E-state index in [1.807, 2.05) is 24.3 Å². The lowest BCUT2D eigenvalue weighted by Gasteiger charge is -2.32. The molecule has 1 aromatic carbocycles. The Balaban J connectivity index is 2.01. The predicted octanol–water partition coefficient (Wildman–Crippen LogP) is 2.35. The molecule has 0 radical (unpaired) electrons. The number of nitrogens with two attached hydrogens (primary N) is 1. The van der Waals surface area contributed by atoms with Crippen molar-refractivity contribution in [2.45, 2.75) is 52.7 Å². The van der Waals surface area contributed by atoms with Crippen LogP contribution in [0.25, 0.3) is 0 Å². The molecule has 0 aliphatic carbocycles. The quantitative estimate of drug-likeness (QED) is 0.849. The van der Waals surface area contributed by atoms with Crippen molar-refractivity contribution >= 4 is 12.6 Å². The Kier molecular flexibility index (Phi) is 4.62. The van der Waals surface area contributed by atoms with Gasteiger partial charge in [-0.05, 0) is 45.3 Å². The summed E-state index contributed by atoms with van der Waals surface area (Å²) < 4.78 is 17.9. The number of ether oxygens (including phenoxy) is 1. The lowest BCUT2D eigenvalue weighted by atomic mass is 9.79. The van der Waals surface area contributed by atoms with E-state index in [1.54, 1.807) is 0 Å². The van der Waals surface area contributed by atoms with Gasteiger partial charge in [-0.2, -0.15) is 0 Å². The molecule has 0 bridgehead atoms. The highest BCUT2D eigenvalue weighted by molar-refractivity contribution is 6.62. The molecule has 22 heavy (non-hydrogen) atoms. The molecule has 0 spiro atoms. The number of hydrogen-bond acceptors (Lipinski definition) is 4. The fraction of sp³-hybridized carbons (Fsp3) is 0.647. The van der Waals surface area contributed by atoms with Crippen LogP contribution in [-0.4, -0.2) is 31.5 Å². The van der Waals surface area contributed by atoms with Crippen LogP contribution in [0.1, 0.15) is 41.5 Å². The summed E-state index contributed by atoms with van der Waals surface area (Å²) in [5.41, 5.74) is 6.05. The van der Waals surface area contributed by atoms with Crippen LogP contribution in [0.3, 0.4) is 0 Å². The van der Waals surface area contributed by atoms with E-state index in [9.17, 15) is 0 Å². The molecule has 0 atom stereocenters. The smallest absolute Gasteiger partial charge is 0.493 e. The first kappa shape index (κ1) is 17.3. The first-order valence-electron chi connectivity index (χ1n) is 7.85. The predicted molar refractivity (Wildman–Crippen MR) is 90.5 cm³/mol. The molecule has 122 valence electrons. The van der Waals surface area contributed by atoms with E-state index < -0.39 is 0 Å². The first-order chi connectivity index (χ1) is 10.1. The van der Waals surface area contributed by atoms with Crippen LogP contribution < -0.4 is 15.9 Å². The third-order valence-electron chi connectivity index (χ3n) is 4.59. The van der Waals surface area contributed by atoms with Gasteiger partial charge in [0.2, 0.25) is 0 Å². The SMILES string of the molecule is CC(C)(CN)COc1ccc(B2OC(C)(C)C(C)(C)O2)cc1. The van der Waals surface area contributed by atoms with Gasteiger partial charge in [0.05, 0.1) is 17.8 Å². The van der Waals surface area contributed by atoms with Gasteiger partial charge < -0.3 is 19.8 Å². The van der Waals surface area contributed by atoms with Gasteiger partial charge in [0.1, 0.15) is 5.75 Å².